The van der Waals surface area contributed by atoms with Crippen molar-refractivity contribution in [2.45, 2.75) is 56.0 Å². The lowest BCUT2D eigenvalue weighted by molar-refractivity contribution is -0.133. The molecule has 1 unspecified atom stereocenters. The summed E-state index contributed by atoms with van der Waals surface area (Å²) in [5, 5.41) is 3.02. The van der Waals surface area contributed by atoms with Gasteiger partial charge in [0.2, 0.25) is 21.8 Å². The first kappa shape index (κ1) is 23.4. The van der Waals surface area contributed by atoms with E-state index in [2.05, 4.69) is 5.32 Å². The number of sulfonamides is 1. The number of anilines is 1. The van der Waals surface area contributed by atoms with Crippen LogP contribution in [0.15, 0.2) is 53.4 Å². The molecule has 2 fully saturated rings. The zero-order valence-electron chi connectivity index (χ0n) is 18.8. The molecule has 1 saturated carbocycles. The first-order valence-electron chi connectivity index (χ1n) is 11.1. The molecule has 1 saturated heterocycles. The van der Waals surface area contributed by atoms with Crippen molar-refractivity contribution in [1.29, 1.82) is 0 Å². The Balaban J connectivity index is 1.76. The van der Waals surface area contributed by atoms with E-state index >= 15 is 0 Å². The van der Waals surface area contributed by atoms with Crippen LogP contribution in [0, 0.1) is 12.7 Å². The number of nitrogens with zero attached hydrogens (tertiary/aromatic N) is 2. The Morgan fingerprint density at radius 1 is 1.12 bits per heavy atom. The van der Waals surface area contributed by atoms with E-state index in [-0.39, 0.29) is 17.5 Å². The standard InChI is InChI=1S/C24H28FN3O4S/c1-17-14-18(25)12-13-21(17)28-22(29)15-27(33(31,32)20-10-4-3-5-11-20)16-24(28,2)23(30)26-19-8-6-7-9-19/h3-5,10-14,19H,6-9,15-16H2,1-2H3,(H,26,30). The lowest BCUT2D eigenvalue weighted by Crippen LogP contribution is -2.70. The van der Waals surface area contributed by atoms with Crippen molar-refractivity contribution in [2.75, 3.05) is 18.0 Å². The monoisotopic (exact) mass is 473 g/mol. The number of rotatable bonds is 5. The van der Waals surface area contributed by atoms with Crippen molar-refractivity contribution in [3.63, 3.8) is 0 Å². The number of nitrogens with one attached hydrogen (secondary N) is 1. The molecule has 4 rings (SSSR count). The highest BCUT2D eigenvalue weighted by molar-refractivity contribution is 7.89. The molecule has 2 aliphatic rings. The Kier molecular flexibility index (Phi) is 6.28. The van der Waals surface area contributed by atoms with E-state index in [1.54, 1.807) is 32.0 Å². The van der Waals surface area contributed by atoms with Crippen molar-refractivity contribution >= 4 is 27.5 Å². The summed E-state index contributed by atoms with van der Waals surface area (Å²) in [6, 6.07) is 11.8. The maximum absolute atomic E-state index is 13.8. The molecule has 1 aliphatic heterocycles. The van der Waals surface area contributed by atoms with Gasteiger partial charge in [-0.1, -0.05) is 31.0 Å². The fourth-order valence-electron chi connectivity index (χ4n) is 4.73. The van der Waals surface area contributed by atoms with E-state index in [4.69, 9.17) is 0 Å². The summed E-state index contributed by atoms with van der Waals surface area (Å²) >= 11 is 0. The molecule has 0 radical (unpaired) electrons. The number of carbonyl (C=O) groups excluding carboxylic acids is 2. The van der Waals surface area contributed by atoms with Gasteiger partial charge in [-0.15, -0.1) is 0 Å². The lowest BCUT2D eigenvalue weighted by Gasteiger charge is -2.47. The summed E-state index contributed by atoms with van der Waals surface area (Å²) in [6.07, 6.45) is 3.71. The van der Waals surface area contributed by atoms with Gasteiger partial charge in [-0.3, -0.25) is 14.5 Å². The van der Waals surface area contributed by atoms with Crippen molar-refractivity contribution in [3.05, 3.63) is 59.9 Å². The van der Waals surface area contributed by atoms with Gasteiger partial charge in [0.05, 0.1) is 11.4 Å². The molecule has 2 amide bonds. The summed E-state index contributed by atoms with van der Waals surface area (Å²) in [5.41, 5.74) is -0.632. The van der Waals surface area contributed by atoms with Gasteiger partial charge in [-0.05, 0) is 62.6 Å². The van der Waals surface area contributed by atoms with E-state index in [0.29, 0.717) is 11.3 Å². The summed E-state index contributed by atoms with van der Waals surface area (Å²) in [5.74, 6) is -1.41. The van der Waals surface area contributed by atoms with Crippen molar-refractivity contribution in [2.24, 2.45) is 0 Å². The molecule has 0 spiro atoms. The third-order valence-corrected chi connectivity index (χ3v) is 8.30. The number of halogens is 1. The molecule has 0 aromatic heterocycles. The minimum atomic E-state index is -4.00. The average Bonchev–Trinajstić information content (AvgIpc) is 3.28. The maximum atomic E-state index is 13.8. The molecule has 1 heterocycles. The van der Waals surface area contributed by atoms with Gasteiger partial charge in [0.1, 0.15) is 11.4 Å². The van der Waals surface area contributed by atoms with Crippen LogP contribution in [0.3, 0.4) is 0 Å². The second-order valence-corrected chi connectivity index (χ2v) is 10.9. The van der Waals surface area contributed by atoms with E-state index in [9.17, 15) is 22.4 Å². The SMILES string of the molecule is Cc1cc(F)ccc1N1C(=O)CN(S(=O)(=O)c2ccccc2)CC1(C)C(=O)NC1CCCC1. The Morgan fingerprint density at radius 2 is 1.79 bits per heavy atom. The van der Waals surface area contributed by atoms with Crippen LogP contribution in [0.4, 0.5) is 10.1 Å². The topological polar surface area (TPSA) is 86.8 Å². The van der Waals surface area contributed by atoms with E-state index in [1.807, 2.05) is 0 Å². The zero-order valence-corrected chi connectivity index (χ0v) is 19.6. The molecule has 1 atom stereocenters. The van der Waals surface area contributed by atoms with Gasteiger partial charge in [-0.25, -0.2) is 12.8 Å². The first-order valence-corrected chi connectivity index (χ1v) is 12.5. The number of hydrogen-bond donors (Lipinski definition) is 1. The Labute approximate surface area is 193 Å². The summed E-state index contributed by atoms with van der Waals surface area (Å²) < 4.78 is 41.5. The van der Waals surface area contributed by atoms with Crippen LogP contribution in [0.5, 0.6) is 0 Å². The number of carbonyl (C=O) groups is 2. The highest BCUT2D eigenvalue weighted by Crippen LogP contribution is 2.34. The highest BCUT2D eigenvalue weighted by atomic mass is 32.2. The van der Waals surface area contributed by atoms with Crippen LogP contribution in [0.1, 0.15) is 38.2 Å². The average molecular weight is 474 g/mol. The molecule has 2 aromatic carbocycles. The smallest absolute Gasteiger partial charge is 0.247 e. The minimum absolute atomic E-state index is 0.0123. The van der Waals surface area contributed by atoms with Gasteiger partial charge in [0.15, 0.2) is 0 Å². The summed E-state index contributed by atoms with van der Waals surface area (Å²) in [6.45, 7) is 2.60. The van der Waals surface area contributed by atoms with Crippen LogP contribution >= 0.6 is 0 Å². The van der Waals surface area contributed by atoms with Gasteiger partial charge in [0.25, 0.3) is 0 Å². The fraction of sp³-hybridized carbons (Fsp3) is 0.417. The molecule has 7 nitrogen and oxygen atoms in total. The van der Waals surface area contributed by atoms with Crippen molar-refractivity contribution in [1.82, 2.24) is 9.62 Å². The number of piperazine rings is 1. The van der Waals surface area contributed by atoms with Crippen molar-refractivity contribution < 1.29 is 22.4 Å². The highest BCUT2D eigenvalue weighted by Gasteiger charge is 2.51. The minimum Gasteiger partial charge on any atom is -0.351 e. The molecule has 1 aliphatic carbocycles. The second-order valence-electron chi connectivity index (χ2n) is 8.97. The molecule has 1 N–H and O–H groups in total. The quantitative estimate of drug-likeness (QED) is 0.723. The number of aryl methyl sites for hydroxylation is 1. The van der Waals surface area contributed by atoms with E-state index in [0.717, 1.165) is 30.0 Å². The van der Waals surface area contributed by atoms with Crippen LogP contribution in [-0.2, 0) is 19.6 Å². The van der Waals surface area contributed by atoms with Crippen LogP contribution in [0.25, 0.3) is 0 Å². The summed E-state index contributed by atoms with van der Waals surface area (Å²) in [4.78, 5) is 28.4. The molecule has 2 aromatic rings. The molecule has 0 bridgehead atoms. The molecular weight excluding hydrogens is 445 g/mol. The normalized spacial score (nSPS) is 22.5. The van der Waals surface area contributed by atoms with Crippen molar-refractivity contribution in [3.8, 4) is 0 Å². The van der Waals surface area contributed by atoms with Crippen LogP contribution in [-0.4, -0.2) is 49.2 Å². The van der Waals surface area contributed by atoms with Gasteiger partial charge < -0.3 is 5.32 Å². The number of hydrogen-bond acceptors (Lipinski definition) is 4. The van der Waals surface area contributed by atoms with Gasteiger partial charge in [0, 0.05) is 18.3 Å². The van der Waals surface area contributed by atoms with Gasteiger partial charge >= 0.3 is 0 Å². The predicted molar refractivity (Wildman–Crippen MR) is 123 cm³/mol. The largest absolute Gasteiger partial charge is 0.351 e. The zero-order chi connectivity index (χ0) is 23.8. The number of amides is 2. The fourth-order valence-corrected chi connectivity index (χ4v) is 6.23. The third-order valence-electron chi connectivity index (χ3n) is 6.50. The first-order chi connectivity index (χ1) is 15.6. The van der Waals surface area contributed by atoms with E-state index < -0.39 is 39.7 Å². The van der Waals surface area contributed by atoms with Gasteiger partial charge in [-0.2, -0.15) is 4.31 Å². The Hall–Kier alpha value is -2.78. The lowest BCUT2D eigenvalue weighted by atomic mass is 9.93. The molecule has 33 heavy (non-hydrogen) atoms. The Bertz CT molecular complexity index is 1170. The predicted octanol–water partition coefficient (Wildman–Crippen LogP) is 2.99. The molecule has 176 valence electrons. The Morgan fingerprint density at radius 3 is 2.42 bits per heavy atom. The molecule has 9 heteroatoms. The number of benzene rings is 2. The van der Waals surface area contributed by atoms with Crippen LogP contribution in [0.2, 0.25) is 0 Å². The third kappa shape index (κ3) is 4.39. The maximum Gasteiger partial charge on any atom is 0.247 e. The molecular formula is C24H28FN3O4S. The van der Waals surface area contributed by atoms with E-state index in [1.165, 1.54) is 35.2 Å². The van der Waals surface area contributed by atoms with Crippen LogP contribution < -0.4 is 10.2 Å². The second kappa shape index (κ2) is 8.87. The summed E-state index contributed by atoms with van der Waals surface area (Å²) in [7, 11) is -4.00.